The van der Waals surface area contributed by atoms with Crippen LogP contribution in [0.2, 0.25) is 0 Å². The van der Waals surface area contributed by atoms with E-state index in [1.54, 1.807) is 13.2 Å². The van der Waals surface area contributed by atoms with Crippen LogP contribution in [-0.4, -0.2) is 44.6 Å². The van der Waals surface area contributed by atoms with Crippen LogP contribution < -0.4 is 4.74 Å². The van der Waals surface area contributed by atoms with E-state index in [4.69, 9.17) is 13.7 Å². The summed E-state index contributed by atoms with van der Waals surface area (Å²) in [4.78, 5) is 2.35. The van der Waals surface area contributed by atoms with Crippen LogP contribution in [0, 0.1) is 11.8 Å². The first-order valence-electron chi connectivity index (χ1n) is 15.4. The number of unbranched alkanes of at least 4 members (excludes halogenated alkanes) is 2. The van der Waals surface area contributed by atoms with Gasteiger partial charge in [0.15, 0.2) is 0 Å². The fourth-order valence-corrected chi connectivity index (χ4v) is 7.04. The molecule has 1 fully saturated rings. The van der Waals surface area contributed by atoms with E-state index >= 15 is 0 Å². The highest BCUT2D eigenvalue weighted by atomic mass is 32.2. The molecule has 43 heavy (non-hydrogen) atoms. The van der Waals surface area contributed by atoms with Gasteiger partial charge in [-0.3, -0.25) is 4.90 Å². The van der Waals surface area contributed by atoms with Gasteiger partial charge in [-0.25, -0.2) is 0 Å². The standard InChI is InChI=1S/C33H44F3NO5S/c1-3-4-6-13-27-14-9-16-30-32(27)31(42-43(38,39)33(34,35)36)22-28(15-10-21-41-24-26-11-7-5-8-12-26)37(30)23-25-17-19-29(40-2)20-18-25/h5,7-8,11-12,17-20,22,27-28,30,32H,3-4,6,9-10,13-16,21,23-24H2,1-2H3/t27-,28-,30-,32+/m0/s1. The van der Waals surface area contributed by atoms with Gasteiger partial charge in [0, 0.05) is 31.2 Å². The number of fused-ring (bicyclic) bond motifs is 1. The first-order chi connectivity index (χ1) is 20.6. The molecular weight excluding hydrogens is 579 g/mol. The predicted molar refractivity (Wildman–Crippen MR) is 161 cm³/mol. The Kier molecular flexibility index (Phi) is 12.0. The molecule has 0 bridgehead atoms. The number of benzene rings is 2. The maximum absolute atomic E-state index is 13.5. The molecule has 1 aliphatic heterocycles. The van der Waals surface area contributed by atoms with E-state index in [0.717, 1.165) is 61.8 Å². The van der Waals surface area contributed by atoms with Gasteiger partial charge in [0.05, 0.1) is 13.7 Å². The summed E-state index contributed by atoms with van der Waals surface area (Å²) in [5.74, 6) is 0.332. The molecule has 2 aliphatic rings. The van der Waals surface area contributed by atoms with Crippen LogP contribution >= 0.6 is 0 Å². The minimum Gasteiger partial charge on any atom is -0.497 e. The van der Waals surface area contributed by atoms with E-state index in [0.29, 0.717) is 32.6 Å². The summed E-state index contributed by atoms with van der Waals surface area (Å²) in [5, 5.41) is 0. The summed E-state index contributed by atoms with van der Waals surface area (Å²) in [7, 11) is -4.18. The predicted octanol–water partition coefficient (Wildman–Crippen LogP) is 7.99. The summed E-state index contributed by atoms with van der Waals surface area (Å²) in [5.41, 5.74) is -3.37. The molecule has 0 amide bonds. The second-order valence-corrected chi connectivity index (χ2v) is 13.1. The smallest absolute Gasteiger partial charge is 0.497 e. The largest absolute Gasteiger partial charge is 0.534 e. The molecule has 1 aliphatic carbocycles. The molecule has 0 N–H and O–H groups in total. The Morgan fingerprint density at radius 1 is 0.930 bits per heavy atom. The number of alkyl halides is 3. The lowest BCUT2D eigenvalue weighted by atomic mass is 9.69. The van der Waals surface area contributed by atoms with Crippen LogP contribution in [-0.2, 0) is 32.2 Å². The molecule has 2 aromatic rings. The number of hydrogen-bond acceptors (Lipinski definition) is 6. The number of methoxy groups -OCH3 is 1. The zero-order chi connectivity index (χ0) is 30.9. The van der Waals surface area contributed by atoms with Crippen molar-refractivity contribution in [2.24, 2.45) is 11.8 Å². The zero-order valence-electron chi connectivity index (χ0n) is 25.1. The molecule has 0 saturated heterocycles. The van der Waals surface area contributed by atoms with Crippen LogP contribution in [0.1, 0.15) is 75.8 Å². The lowest BCUT2D eigenvalue weighted by molar-refractivity contribution is -0.0553. The highest BCUT2D eigenvalue weighted by Gasteiger charge is 2.52. The molecule has 10 heteroatoms. The van der Waals surface area contributed by atoms with Crippen LogP contribution in [0.4, 0.5) is 13.2 Å². The highest BCUT2D eigenvalue weighted by molar-refractivity contribution is 7.87. The van der Waals surface area contributed by atoms with Gasteiger partial charge in [0.1, 0.15) is 11.5 Å². The Morgan fingerprint density at radius 2 is 1.67 bits per heavy atom. The lowest BCUT2D eigenvalue weighted by Gasteiger charge is -2.50. The topological polar surface area (TPSA) is 65.1 Å². The van der Waals surface area contributed by atoms with Crippen LogP contribution in [0.15, 0.2) is 66.4 Å². The number of nitrogens with zero attached hydrogens (tertiary/aromatic N) is 1. The zero-order valence-corrected chi connectivity index (χ0v) is 25.9. The Balaban J connectivity index is 1.62. The Morgan fingerprint density at radius 3 is 2.35 bits per heavy atom. The van der Waals surface area contributed by atoms with E-state index in [1.165, 1.54) is 0 Å². The van der Waals surface area contributed by atoms with Gasteiger partial charge in [-0.15, -0.1) is 0 Å². The van der Waals surface area contributed by atoms with E-state index < -0.39 is 21.5 Å². The average Bonchev–Trinajstić information content (AvgIpc) is 2.99. The minimum atomic E-state index is -5.79. The molecule has 2 aromatic carbocycles. The normalized spacial score (nSPS) is 23.0. The Hall–Kier alpha value is -2.56. The van der Waals surface area contributed by atoms with Crippen molar-refractivity contribution in [1.29, 1.82) is 0 Å². The fraction of sp³-hybridized carbons (Fsp3) is 0.576. The second kappa shape index (κ2) is 15.4. The summed E-state index contributed by atoms with van der Waals surface area (Å²) in [6.07, 6.45) is 9.27. The molecule has 4 rings (SSSR count). The van der Waals surface area contributed by atoms with Crippen molar-refractivity contribution in [3.8, 4) is 5.75 Å². The molecule has 0 unspecified atom stereocenters. The van der Waals surface area contributed by atoms with Crippen LogP contribution in [0.25, 0.3) is 0 Å². The third-order valence-electron chi connectivity index (χ3n) is 8.63. The monoisotopic (exact) mass is 623 g/mol. The maximum atomic E-state index is 13.5. The van der Waals surface area contributed by atoms with Crippen LogP contribution in [0.5, 0.6) is 5.75 Å². The maximum Gasteiger partial charge on any atom is 0.534 e. The highest BCUT2D eigenvalue weighted by Crippen LogP contribution is 2.46. The average molecular weight is 624 g/mol. The Labute approximate surface area is 254 Å². The Bertz CT molecular complexity index is 1270. The summed E-state index contributed by atoms with van der Waals surface area (Å²) >= 11 is 0. The van der Waals surface area contributed by atoms with E-state index in [9.17, 15) is 21.6 Å². The summed E-state index contributed by atoms with van der Waals surface area (Å²) < 4.78 is 81.4. The van der Waals surface area contributed by atoms with Gasteiger partial charge in [-0.05, 0) is 67.4 Å². The van der Waals surface area contributed by atoms with E-state index in [1.807, 2.05) is 54.6 Å². The second-order valence-electron chi connectivity index (χ2n) is 11.6. The van der Waals surface area contributed by atoms with Crippen molar-refractivity contribution >= 4 is 10.1 Å². The van der Waals surface area contributed by atoms with Crippen molar-refractivity contribution < 1.29 is 35.2 Å². The third-order valence-corrected chi connectivity index (χ3v) is 9.61. The SMILES string of the molecule is CCCCC[C@H]1CCC[C@H]2[C@@H]1C(OS(=O)(=O)C(F)(F)F)=C[C@H](CCCOCc1ccccc1)N2Cc1ccc(OC)cc1. The number of rotatable bonds is 15. The van der Waals surface area contributed by atoms with Crippen molar-refractivity contribution in [3.05, 3.63) is 77.6 Å². The molecule has 4 atom stereocenters. The van der Waals surface area contributed by atoms with Crippen molar-refractivity contribution in [3.63, 3.8) is 0 Å². The first kappa shape index (κ1) is 33.3. The minimum absolute atomic E-state index is 0.0373. The number of ether oxygens (including phenoxy) is 2. The van der Waals surface area contributed by atoms with Crippen molar-refractivity contribution in [1.82, 2.24) is 4.90 Å². The molecule has 6 nitrogen and oxygen atoms in total. The first-order valence-corrected chi connectivity index (χ1v) is 16.8. The summed E-state index contributed by atoms with van der Waals surface area (Å²) in [6.45, 7) is 3.64. The van der Waals surface area contributed by atoms with Gasteiger partial charge < -0.3 is 13.7 Å². The summed E-state index contributed by atoms with van der Waals surface area (Å²) in [6, 6.07) is 17.2. The molecule has 1 saturated carbocycles. The lowest BCUT2D eigenvalue weighted by Crippen LogP contribution is -2.54. The van der Waals surface area contributed by atoms with Gasteiger partial charge in [-0.2, -0.15) is 21.6 Å². The molecular formula is C33H44F3NO5S. The number of hydrogen-bond donors (Lipinski definition) is 0. The molecule has 0 aromatic heterocycles. The quantitative estimate of drug-likeness (QED) is 0.114. The van der Waals surface area contributed by atoms with Gasteiger partial charge in [-0.1, -0.05) is 75.1 Å². The van der Waals surface area contributed by atoms with E-state index in [2.05, 4.69) is 11.8 Å². The third kappa shape index (κ3) is 8.99. The van der Waals surface area contributed by atoms with Gasteiger partial charge in [0.25, 0.3) is 0 Å². The van der Waals surface area contributed by atoms with Gasteiger partial charge >= 0.3 is 15.6 Å². The molecule has 0 spiro atoms. The van der Waals surface area contributed by atoms with Gasteiger partial charge in [0.2, 0.25) is 0 Å². The fourth-order valence-electron chi connectivity index (χ4n) is 6.52. The van der Waals surface area contributed by atoms with E-state index in [-0.39, 0.29) is 23.8 Å². The molecule has 0 radical (unpaired) electrons. The van der Waals surface area contributed by atoms with Crippen molar-refractivity contribution in [2.45, 2.75) is 95.5 Å². The van der Waals surface area contributed by atoms with Crippen molar-refractivity contribution in [2.75, 3.05) is 13.7 Å². The molecule has 238 valence electrons. The molecule has 1 heterocycles. The number of halogens is 3. The van der Waals surface area contributed by atoms with Crippen LogP contribution in [0.3, 0.4) is 0 Å².